The Morgan fingerprint density at radius 1 is 0.893 bits per heavy atom. The first-order valence-electron chi connectivity index (χ1n) is 8.16. The van der Waals surface area contributed by atoms with Gasteiger partial charge in [0.25, 0.3) is 5.91 Å². The molecule has 0 aliphatic rings. The highest BCUT2D eigenvalue weighted by molar-refractivity contribution is 6.68. The van der Waals surface area contributed by atoms with E-state index in [0.29, 0.717) is 11.4 Å². The van der Waals surface area contributed by atoms with Crippen LogP contribution in [-0.2, 0) is 0 Å². The number of halogens is 3. The van der Waals surface area contributed by atoms with Crippen molar-refractivity contribution >= 4 is 57.8 Å². The van der Waals surface area contributed by atoms with E-state index in [1.807, 2.05) is 30.3 Å². The molecular formula is C19H15Cl3N4O2. The number of alkyl halides is 3. The summed E-state index contributed by atoms with van der Waals surface area (Å²) in [6.45, 7) is 0. The van der Waals surface area contributed by atoms with E-state index in [-0.39, 0.29) is 5.76 Å². The number of azo groups is 1. The van der Waals surface area contributed by atoms with E-state index in [4.69, 9.17) is 39.2 Å². The molecule has 6 nitrogen and oxygen atoms in total. The normalized spacial score (nSPS) is 12.7. The van der Waals surface area contributed by atoms with Gasteiger partial charge in [-0.2, -0.15) is 10.2 Å². The molecule has 1 heterocycles. The van der Waals surface area contributed by atoms with Gasteiger partial charge in [0.15, 0.2) is 5.76 Å². The summed E-state index contributed by atoms with van der Waals surface area (Å²) in [5, 5.41) is 13.9. The van der Waals surface area contributed by atoms with Crippen molar-refractivity contribution < 1.29 is 9.21 Å². The van der Waals surface area contributed by atoms with Gasteiger partial charge >= 0.3 is 0 Å². The Labute approximate surface area is 176 Å². The Kier molecular flexibility index (Phi) is 6.57. The smallest absolute Gasteiger partial charge is 0.288 e. The number of furan rings is 1. The van der Waals surface area contributed by atoms with Gasteiger partial charge in [-0.15, -0.1) is 0 Å². The molecule has 1 atom stereocenters. The number of rotatable bonds is 6. The summed E-state index contributed by atoms with van der Waals surface area (Å²) in [4.78, 5) is 12.2. The third-order valence-corrected chi connectivity index (χ3v) is 4.22. The number of hydrogen-bond donors (Lipinski definition) is 2. The van der Waals surface area contributed by atoms with Crippen molar-refractivity contribution in [3.63, 3.8) is 0 Å². The standard InChI is InChI=1S/C19H15Cl3N4O2/c20-19(21,22)18(24-17(27)16-7-4-12-28-16)23-13-8-10-15(11-9-13)26-25-14-5-2-1-3-6-14/h1-12,18,23H,(H,24,27)/t18-/m1/s1. The Hall–Kier alpha value is -2.54. The van der Waals surface area contributed by atoms with E-state index in [0.717, 1.165) is 5.69 Å². The van der Waals surface area contributed by atoms with Crippen molar-refractivity contribution in [1.82, 2.24) is 5.32 Å². The lowest BCUT2D eigenvalue weighted by atomic mass is 10.2. The molecule has 9 heteroatoms. The zero-order chi connectivity index (χ0) is 20.0. The average Bonchev–Trinajstić information content (AvgIpc) is 3.22. The van der Waals surface area contributed by atoms with Crippen LogP contribution in [0.3, 0.4) is 0 Å². The molecule has 28 heavy (non-hydrogen) atoms. The summed E-state index contributed by atoms with van der Waals surface area (Å²) in [6.07, 6.45) is 0.391. The first-order valence-corrected chi connectivity index (χ1v) is 9.30. The van der Waals surface area contributed by atoms with Gasteiger partial charge in [-0.3, -0.25) is 4.79 Å². The predicted molar refractivity (Wildman–Crippen MR) is 111 cm³/mol. The second-order valence-corrected chi connectivity index (χ2v) is 8.02. The van der Waals surface area contributed by atoms with Gasteiger partial charge in [-0.05, 0) is 48.5 Å². The molecule has 0 aliphatic carbocycles. The number of nitrogens with zero attached hydrogens (tertiary/aromatic N) is 2. The zero-order valence-corrected chi connectivity index (χ0v) is 16.6. The van der Waals surface area contributed by atoms with Gasteiger partial charge in [0.05, 0.1) is 17.6 Å². The fourth-order valence-corrected chi connectivity index (χ4v) is 2.54. The molecule has 0 saturated heterocycles. The van der Waals surface area contributed by atoms with Crippen LogP contribution in [0, 0.1) is 0 Å². The van der Waals surface area contributed by atoms with E-state index in [9.17, 15) is 4.79 Å². The topological polar surface area (TPSA) is 79.0 Å². The Morgan fingerprint density at radius 2 is 1.54 bits per heavy atom. The SMILES string of the molecule is O=C(N[C@@H](Nc1ccc(N=Nc2ccccc2)cc1)C(Cl)(Cl)Cl)c1ccco1. The van der Waals surface area contributed by atoms with Crippen LogP contribution in [0.1, 0.15) is 10.6 Å². The van der Waals surface area contributed by atoms with E-state index in [1.165, 1.54) is 12.3 Å². The molecule has 0 radical (unpaired) electrons. The average molecular weight is 438 g/mol. The van der Waals surface area contributed by atoms with Crippen LogP contribution >= 0.6 is 34.8 Å². The zero-order valence-electron chi connectivity index (χ0n) is 14.4. The van der Waals surface area contributed by atoms with Crippen molar-refractivity contribution in [3.05, 3.63) is 78.8 Å². The van der Waals surface area contributed by atoms with E-state index in [2.05, 4.69) is 20.9 Å². The quantitative estimate of drug-likeness (QED) is 0.272. The highest BCUT2D eigenvalue weighted by Gasteiger charge is 2.34. The molecule has 0 spiro atoms. The van der Waals surface area contributed by atoms with Crippen LogP contribution < -0.4 is 10.6 Å². The summed E-state index contributed by atoms with van der Waals surface area (Å²) >= 11 is 18.0. The second kappa shape index (κ2) is 9.10. The molecule has 0 bridgehead atoms. The van der Waals surface area contributed by atoms with Gasteiger partial charge in [0.1, 0.15) is 6.17 Å². The van der Waals surface area contributed by atoms with E-state index >= 15 is 0 Å². The van der Waals surface area contributed by atoms with Gasteiger partial charge in [-0.1, -0.05) is 53.0 Å². The predicted octanol–water partition coefficient (Wildman–Crippen LogP) is 6.23. The van der Waals surface area contributed by atoms with Crippen LogP contribution in [-0.4, -0.2) is 15.9 Å². The Morgan fingerprint density at radius 3 is 2.11 bits per heavy atom. The Balaban J connectivity index is 1.67. The molecule has 3 rings (SSSR count). The first-order chi connectivity index (χ1) is 13.4. The molecule has 0 aliphatic heterocycles. The summed E-state index contributed by atoms with van der Waals surface area (Å²) in [5.41, 5.74) is 2.02. The van der Waals surface area contributed by atoms with Crippen LogP contribution in [0.15, 0.2) is 87.6 Å². The largest absolute Gasteiger partial charge is 0.459 e. The van der Waals surface area contributed by atoms with Gasteiger partial charge in [0.2, 0.25) is 3.79 Å². The lowest BCUT2D eigenvalue weighted by molar-refractivity contribution is 0.0914. The summed E-state index contributed by atoms with van der Waals surface area (Å²) in [6, 6.07) is 19.5. The van der Waals surface area contributed by atoms with Crippen LogP contribution in [0.2, 0.25) is 0 Å². The highest BCUT2D eigenvalue weighted by atomic mass is 35.6. The fraction of sp³-hybridized carbons (Fsp3) is 0.105. The fourth-order valence-electron chi connectivity index (χ4n) is 2.21. The lowest BCUT2D eigenvalue weighted by Crippen LogP contribution is -2.49. The molecule has 1 amide bonds. The number of carbonyl (C=O) groups is 1. The van der Waals surface area contributed by atoms with Gasteiger partial charge in [-0.25, -0.2) is 0 Å². The molecule has 2 aromatic carbocycles. The lowest BCUT2D eigenvalue weighted by Gasteiger charge is -2.27. The number of anilines is 1. The summed E-state index contributed by atoms with van der Waals surface area (Å²) in [5.74, 6) is -0.403. The van der Waals surface area contributed by atoms with Crippen LogP contribution in [0.25, 0.3) is 0 Å². The Bertz CT molecular complexity index is 924. The molecule has 0 fully saturated rings. The summed E-state index contributed by atoms with van der Waals surface area (Å²) in [7, 11) is 0. The molecule has 3 aromatic rings. The van der Waals surface area contributed by atoms with Crippen LogP contribution in [0.4, 0.5) is 17.1 Å². The molecular weight excluding hydrogens is 423 g/mol. The van der Waals surface area contributed by atoms with E-state index in [1.54, 1.807) is 30.3 Å². The van der Waals surface area contributed by atoms with Crippen molar-refractivity contribution in [1.29, 1.82) is 0 Å². The van der Waals surface area contributed by atoms with Crippen LogP contribution in [0.5, 0.6) is 0 Å². The number of benzene rings is 2. The third-order valence-electron chi connectivity index (χ3n) is 3.56. The van der Waals surface area contributed by atoms with Crippen molar-refractivity contribution in [2.45, 2.75) is 9.96 Å². The minimum Gasteiger partial charge on any atom is -0.459 e. The molecule has 1 aromatic heterocycles. The maximum absolute atomic E-state index is 12.2. The maximum atomic E-state index is 12.2. The molecule has 0 saturated carbocycles. The summed E-state index contributed by atoms with van der Waals surface area (Å²) < 4.78 is 3.25. The van der Waals surface area contributed by atoms with Crippen molar-refractivity contribution in [3.8, 4) is 0 Å². The molecule has 0 unspecified atom stereocenters. The first kappa shape index (κ1) is 20.2. The third kappa shape index (κ3) is 5.73. The maximum Gasteiger partial charge on any atom is 0.288 e. The van der Waals surface area contributed by atoms with Crippen molar-refractivity contribution in [2.75, 3.05) is 5.32 Å². The minimum atomic E-state index is -1.80. The van der Waals surface area contributed by atoms with Crippen molar-refractivity contribution in [2.24, 2.45) is 10.2 Å². The highest BCUT2D eigenvalue weighted by Crippen LogP contribution is 2.31. The molecule has 2 N–H and O–H groups in total. The van der Waals surface area contributed by atoms with E-state index < -0.39 is 15.9 Å². The number of nitrogens with one attached hydrogen (secondary N) is 2. The van der Waals surface area contributed by atoms with Gasteiger partial charge in [0, 0.05) is 5.69 Å². The number of carbonyl (C=O) groups excluding carboxylic acids is 1. The molecule has 144 valence electrons. The monoisotopic (exact) mass is 436 g/mol. The number of amides is 1. The second-order valence-electron chi connectivity index (χ2n) is 5.65. The minimum absolute atomic E-state index is 0.109. The van der Waals surface area contributed by atoms with Gasteiger partial charge < -0.3 is 15.1 Å². The number of hydrogen-bond acceptors (Lipinski definition) is 5.